The van der Waals surface area contributed by atoms with Crippen molar-refractivity contribution in [1.82, 2.24) is 0 Å². The summed E-state index contributed by atoms with van der Waals surface area (Å²) in [5.74, 6) is 3.06. The first-order valence-corrected chi connectivity index (χ1v) is 3.68. The largest absolute Gasteiger partial charge is 0.323 e. The molecule has 2 N–H and O–H groups in total. The molecule has 0 aliphatic rings. The van der Waals surface area contributed by atoms with Crippen molar-refractivity contribution >= 4 is 11.7 Å². The smallest absolute Gasteiger partial charge is 0.258 e. The predicted octanol–water partition coefficient (Wildman–Crippen LogP) is 0.831. The highest BCUT2D eigenvalue weighted by molar-refractivity contribution is 5.61. The molecule has 0 radical (unpaired) electrons. The summed E-state index contributed by atoms with van der Waals surface area (Å²) in [6.07, 6.45) is 0. The Kier molecular flexibility index (Phi) is 3.62. The van der Waals surface area contributed by atoms with Gasteiger partial charge < -0.3 is 0 Å². The van der Waals surface area contributed by atoms with E-state index in [2.05, 4.69) is 0 Å². The summed E-state index contributed by atoms with van der Waals surface area (Å²) in [6.45, 7) is 2.32. The van der Waals surface area contributed by atoms with E-state index in [4.69, 9.17) is 10.8 Å². The quantitative estimate of drug-likeness (QED) is 0.405. The molecule has 0 aromatic rings. The fraction of sp³-hybridized carbons (Fsp3) is 0.429. The first-order chi connectivity index (χ1) is 6.78. The average molecular weight is 212 g/mol. The van der Waals surface area contributed by atoms with Gasteiger partial charge in [0.1, 0.15) is 0 Å². The molecular weight excluding hydrogens is 204 g/mol. The van der Waals surface area contributed by atoms with E-state index in [0.29, 0.717) is 0 Å². The SMILES string of the molecule is CC(C)(C(=C=N)[N+](=O)[O-])C(=C=N)[N+](=O)[O-]. The van der Waals surface area contributed by atoms with Crippen LogP contribution in [0.3, 0.4) is 0 Å². The van der Waals surface area contributed by atoms with Gasteiger partial charge in [-0.1, -0.05) is 0 Å². The lowest BCUT2D eigenvalue weighted by molar-refractivity contribution is -0.465. The summed E-state index contributed by atoms with van der Waals surface area (Å²) in [5, 5.41) is 34.4. The Morgan fingerprint density at radius 1 is 1.07 bits per heavy atom. The van der Waals surface area contributed by atoms with Crippen molar-refractivity contribution in [3.8, 4) is 0 Å². The maximum atomic E-state index is 10.5. The fourth-order valence-electron chi connectivity index (χ4n) is 0.972. The Labute approximate surface area is 84.2 Å². The fourth-order valence-corrected chi connectivity index (χ4v) is 0.972. The molecule has 0 atom stereocenters. The molecule has 0 aromatic carbocycles. The van der Waals surface area contributed by atoms with Crippen LogP contribution >= 0.6 is 0 Å². The van der Waals surface area contributed by atoms with Crippen LogP contribution in [-0.2, 0) is 0 Å². The van der Waals surface area contributed by atoms with Crippen LogP contribution in [0.2, 0.25) is 0 Å². The van der Waals surface area contributed by atoms with E-state index >= 15 is 0 Å². The molecule has 8 nitrogen and oxygen atoms in total. The first-order valence-electron chi connectivity index (χ1n) is 3.68. The zero-order valence-corrected chi connectivity index (χ0v) is 8.03. The molecule has 0 rings (SSSR count). The number of nitrogens with zero attached hydrogens (tertiary/aromatic N) is 2. The highest BCUT2D eigenvalue weighted by Gasteiger charge is 2.45. The maximum absolute atomic E-state index is 10.5. The number of hydrogen-bond acceptors (Lipinski definition) is 6. The third kappa shape index (κ3) is 2.34. The summed E-state index contributed by atoms with van der Waals surface area (Å²) in [4.78, 5) is 19.1. The van der Waals surface area contributed by atoms with Gasteiger partial charge in [0.2, 0.25) is 0 Å². The van der Waals surface area contributed by atoms with Gasteiger partial charge in [-0.3, -0.25) is 31.0 Å². The standard InChI is InChI=1S/C7H8N4O4/c1-7(2,5(3-8)10(12)13)6(4-9)11(14)15/h8-9H,1-2H3. The van der Waals surface area contributed by atoms with Crippen molar-refractivity contribution in [2.24, 2.45) is 5.41 Å². The van der Waals surface area contributed by atoms with E-state index < -0.39 is 26.7 Å². The molecule has 0 bridgehead atoms. The van der Waals surface area contributed by atoms with Gasteiger partial charge >= 0.3 is 11.4 Å². The molecule has 0 saturated carbocycles. The molecule has 0 amide bonds. The molecule has 8 heteroatoms. The number of rotatable bonds is 4. The summed E-state index contributed by atoms with van der Waals surface area (Å²) < 4.78 is 0. The van der Waals surface area contributed by atoms with Crippen LogP contribution in [0.1, 0.15) is 13.8 Å². The van der Waals surface area contributed by atoms with Gasteiger partial charge in [-0.25, -0.2) is 0 Å². The molecule has 80 valence electrons. The van der Waals surface area contributed by atoms with Gasteiger partial charge in [-0.15, -0.1) is 0 Å². The van der Waals surface area contributed by atoms with Crippen molar-refractivity contribution in [3.63, 3.8) is 0 Å². The predicted molar refractivity (Wildman–Crippen MR) is 50.2 cm³/mol. The van der Waals surface area contributed by atoms with Gasteiger partial charge in [0.05, 0.1) is 21.6 Å². The summed E-state index contributed by atoms with van der Waals surface area (Å²) >= 11 is 0. The molecular formula is C7H8N4O4. The molecule has 0 aliphatic carbocycles. The highest BCUT2D eigenvalue weighted by atomic mass is 16.6. The zero-order valence-electron chi connectivity index (χ0n) is 8.03. The minimum Gasteiger partial charge on any atom is -0.258 e. The molecule has 0 unspecified atom stereocenters. The van der Waals surface area contributed by atoms with Crippen LogP contribution in [0.5, 0.6) is 0 Å². The summed E-state index contributed by atoms with van der Waals surface area (Å²) in [7, 11) is 0. The summed E-state index contributed by atoms with van der Waals surface area (Å²) in [6, 6.07) is 0. The van der Waals surface area contributed by atoms with Gasteiger partial charge in [0.25, 0.3) is 0 Å². The maximum Gasteiger partial charge on any atom is 0.323 e. The second-order valence-corrected chi connectivity index (χ2v) is 3.09. The zero-order chi connectivity index (χ0) is 12.2. The number of nitro groups is 2. The lowest BCUT2D eigenvalue weighted by Gasteiger charge is -2.13. The van der Waals surface area contributed by atoms with E-state index in [1.54, 1.807) is 0 Å². The molecule has 0 aromatic heterocycles. The van der Waals surface area contributed by atoms with Crippen molar-refractivity contribution in [3.05, 3.63) is 31.6 Å². The average Bonchev–Trinajstić information content (AvgIpc) is 2.02. The monoisotopic (exact) mass is 212 g/mol. The Morgan fingerprint density at radius 3 is 1.47 bits per heavy atom. The molecule has 15 heavy (non-hydrogen) atoms. The first kappa shape index (κ1) is 12.7. The number of hydrogen-bond donors (Lipinski definition) is 2. The van der Waals surface area contributed by atoms with E-state index in [9.17, 15) is 20.2 Å². The Balaban J connectivity index is 5.69. The van der Waals surface area contributed by atoms with Crippen LogP contribution in [0.25, 0.3) is 0 Å². The molecule has 0 saturated heterocycles. The Morgan fingerprint density at radius 2 is 1.33 bits per heavy atom. The van der Waals surface area contributed by atoms with Crippen molar-refractivity contribution in [2.45, 2.75) is 13.8 Å². The van der Waals surface area contributed by atoms with Crippen LogP contribution in [0.4, 0.5) is 0 Å². The minimum absolute atomic E-state index is 0.783. The Bertz CT molecular complexity index is 375. The highest BCUT2D eigenvalue weighted by Crippen LogP contribution is 2.32. The second-order valence-electron chi connectivity index (χ2n) is 3.09. The topological polar surface area (TPSA) is 134 Å². The normalized spacial score (nSPS) is 9.73. The Hall–Kier alpha value is -2.30. The van der Waals surface area contributed by atoms with Crippen molar-refractivity contribution in [1.29, 1.82) is 10.8 Å². The second kappa shape index (κ2) is 4.28. The van der Waals surface area contributed by atoms with Crippen molar-refractivity contribution < 1.29 is 9.85 Å². The molecule has 0 heterocycles. The van der Waals surface area contributed by atoms with Gasteiger partial charge in [0.15, 0.2) is 5.41 Å². The van der Waals surface area contributed by atoms with E-state index in [0.717, 1.165) is 13.8 Å². The minimum atomic E-state index is -1.68. The van der Waals surface area contributed by atoms with Crippen molar-refractivity contribution in [2.75, 3.05) is 0 Å². The van der Waals surface area contributed by atoms with Gasteiger partial charge in [-0.05, 0) is 13.8 Å². The van der Waals surface area contributed by atoms with Crippen LogP contribution in [0, 0.1) is 36.5 Å². The third-order valence-corrected chi connectivity index (χ3v) is 1.79. The molecule has 0 fully saturated rings. The lowest BCUT2D eigenvalue weighted by Crippen LogP contribution is -2.28. The van der Waals surface area contributed by atoms with Crippen LogP contribution < -0.4 is 0 Å². The van der Waals surface area contributed by atoms with E-state index in [-0.39, 0.29) is 0 Å². The van der Waals surface area contributed by atoms with Crippen LogP contribution in [0.15, 0.2) is 11.4 Å². The van der Waals surface area contributed by atoms with E-state index in [1.807, 2.05) is 0 Å². The lowest BCUT2D eigenvalue weighted by atomic mass is 9.86. The number of nitrogens with one attached hydrogen (secondary N) is 2. The van der Waals surface area contributed by atoms with Crippen LogP contribution in [-0.4, -0.2) is 21.6 Å². The third-order valence-electron chi connectivity index (χ3n) is 1.79. The molecule has 0 spiro atoms. The van der Waals surface area contributed by atoms with Gasteiger partial charge in [-0.2, -0.15) is 0 Å². The van der Waals surface area contributed by atoms with E-state index in [1.165, 1.54) is 11.7 Å². The molecule has 0 aliphatic heterocycles. The van der Waals surface area contributed by atoms with Gasteiger partial charge in [0, 0.05) is 0 Å². The summed E-state index contributed by atoms with van der Waals surface area (Å²) in [5.41, 5.74) is -3.25.